The quantitative estimate of drug-likeness (QED) is 0.0828. The van der Waals surface area contributed by atoms with E-state index in [1.807, 2.05) is 25.1 Å². The number of benzene rings is 1. The van der Waals surface area contributed by atoms with Crippen LogP contribution in [0.3, 0.4) is 0 Å². The molecule has 11 heteroatoms. The number of ether oxygens (including phenoxy) is 6. The summed E-state index contributed by atoms with van der Waals surface area (Å²) in [4.78, 5) is 11.2. The molecule has 236 valence electrons. The molecule has 0 saturated carbocycles. The molecule has 1 aliphatic rings. The van der Waals surface area contributed by atoms with Crippen molar-refractivity contribution in [3.8, 4) is 22.8 Å². The largest absolute Gasteiger partial charge is 0.493 e. The van der Waals surface area contributed by atoms with E-state index >= 15 is 0 Å². The van der Waals surface area contributed by atoms with Crippen LogP contribution in [-0.2, 0) is 25.4 Å². The fourth-order valence-electron chi connectivity index (χ4n) is 4.53. The molecule has 1 aromatic heterocycles. The van der Waals surface area contributed by atoms with Gasteiger partial charge in [0.05, 0.1) is 59.1 Å². The van der Waals surface area contributed by atoms with Gasteiger partial charge in [0.15, 0.2) is 17.3 Å². The number of nitrogens with zero attached hydrogens (tertiary/aromatic N) is 1. The first-order valence-corrected chi connectivity index (χ1v) is 14.8. The Kier molecular flexibility index (Phi) is 15.2. The van der Waals surface area contributed by atoms with Gasteiger partial charge in [-0.25, -0.2) is 4.79 Å². The molecule has 0 saturated heterocycles. The Hall–Kier alpha value is -3.80. The Morgan fingerprint density at radius 3 is 2.53 bits per heavy atom. The number of H-pyrrole nitrogens is 1. The van der Waals surface area contributed by atoms with E-state index in [-0.39, 0.29) is 6.04 Å². The SMILES string of the molecule is C=C/C=C/C(CC/C=C/C)Nc1n[nH]c2c1Cc1cc(OCCOCCOCCOCCNC(=O)OCC)c(OC)cc1-2. The number of amides is 1. The average molecular weight is 599 g/mol. The maximum atomic E-state index is 11.2. The Morgan fingerprint density at radius 2 is 1.84 bits per heavy atom. The van der Waals surface area contributed by atoms with Crippen molar-refractivity contribution in [2.24, 2.45) is 0 Å². The number of carbonyl (C=O) groups is 1. The third-order valence-electron chi connectivity index (χ3n) is 6.60. The number of carbonyl (C=O) groups excluding carboxylic acids is 1. The summed E-state index contributed by atoms with van der Waals surface area (Å²) < 4.78 is 33.0. The molecule has 43 heavy (non-hydrogen) atoms. The zero-order valence-electron chi connectivity index (χ0n) is 25.6. The van der Waals surface area contributed by atoms with Crippen molar-refractivity contribution in [1.82, 2.24) is 15.5 Å². The first-order valence-electron chi connectivity index (χ1n) is 14.8. The minimum absolute atomic E-state index is 0.143. The smallest absolute Gasteiger partial charge is 0.407 e. The van der Waals surface area contributed by atoms with Crippen molar-refractivity contribution < 1.29 is 33.2 Å². The van der Waals surface area contributed by atoms with Gasteiger partial charge in [0.2, 0.25) is 0 Å². The van der Waals surface area contributed by atoms with E-state index in [1.165, 1.54) is 0 Å². The fraction of sp³-hybridized carbons (Fsp3) is 0.500. The van der Waals surface area contributed by atoms with Gasteiger partial charge in [-0.3, -0.25) is 5.10 Å². The molecule has 0 spiro atoms. The molecule has 1 atom stereocenters. The zero-order valence-corrected chi connectivity index (χ0v) is 25.6. The molecule has 11 nitrogen and oxygen atoms in total. The monoisotopic (exact) mass is 598 g/mol. The highest BCUT2D eigenvalue weighted by atomic mass is 16.6. The zero-order chi connectivity index (χ0) is 30.7. The molecule has 1 unspecified atom stereocenters. The van der Waals surface area contributed by atoms with Crippen LogP contribution in [0.25, 0.3) is 11.3 Å². The van der Waals surface area contributed by atoms with Crippen LogP contribution in [0.4, 0.5) is 10.6 Å². The second kappa shape index (κ2) is 19.4. The standard InChI is InChI=1S/C32H46N4O7/c1-5-8-10-12-25(11-9-6-2)34-31-27-21-24-22-29(28(38-4)23-26(24)30(27)35-36-31)43-20-19-41-18-17-40-16-15-39-14-13-33-32(37)42-7-3/h5-6,8-9,11,22-23,25H,2,7,10,12-21H2,1,3-4H3,(H,33,37)(H2,34,35,36)/b8-5+,11-9+. The van der Waals surface area contributed by atoms with Crippen molar-refractivity contribution >= 4 is 11.9 Å². The van der Waals surface area contributed by atoms with Gasteiger partial charge < -0.3 is 39.1 Å². The second-order valence-corrected chi connectivity index (χ2v) is 9.61. The van der Waals surface area contributed by atoms with E-state index in [2.05, 4.69) is 45.6 Å². The highest BCUT2D eigenvalue weighted by molar-refractivity contribution is 5.80. The lowest BCUT2D eigenvalue weighted by Gasteiger charge is -2.15. The van der Waals surface area contributed by atoms with Crippen LogP contribution in [0.1, 0.15) is 37.8 Å². The Bertz CT molecular complexity index is 1190. The predicted octanol–water partition coefficient (Wildman–Crippen LogP) is 5.04. The number of fused-ring (bicyclic) bond motifs is 3. The first-order chi connectivity index (χ1) is 21.1. The molecule has 2 aromatic rings. The fourth-order valence-corrected chi connectivity index (χ4v) is 4.53. The Balaban J connectivity index is 1.39. The van der Waals surface area contributed by atoms with Gasteiger partial charge in [-0.1, -0.05) is 37.0 Å². The molecular formula is C32H46N4O7. The second-order valence-electron chi connectivity index (χ2n) is 9.61. The van der Waals surface area contributed by atoms with Crippen molar-refractivity contribution in [1.29, 1.82) is 0 Å². The molecule has 0 fully saturated rings. The van der Waals surface area contributed by atoms with Crippen LogP contribution in [0.15, 0.2) is 49.1 Å². The number of hydrogen-bond acceptors (Lipinski definition) is 9. The lowest BCUT2D eigenvalue weighted by molar-refractivity contribution is 0.00969. The Morgan fingerprint density at radius 1 is 1.09 bits per heavy atom. The normalized spacial score (nSPS) is 12.7. The number of hydrogen-bond donors (Lipinski definition) is 3. The van der Waals surface area contributed by atoms with E-state index < -0.39 is 6.09 Å². The summed E-state index contributed by atoms with van der Waals surface area (Å²) in [6, 6.07) is 4.19. The van der Waals surface area contributed by atoms with E-state index in [4.69, 9.17) is 28.4 Å². The van der Waals surface area contributed by atoms with Crippen molar-refractivity contribution in [2.75, 3.05) is 71.8 Å². The number of allylic oxidation sites excluding steroid dienone is 4. The third-order valence-corrected chi connectivity index (χ3v) is 6.60. The van der Waals surface area contributed by atoms with Gasteiger partial charge >= 0.3 is 6.09 Å². The average Bonchev–Trinajstić information content (AvgIpc) is 3.56. The summed E-state index contributed by atoms with van der Waals surface area (Å²) in [5, 5.41) is 14.0. The summed E-state index contributed by atoms with van der Waals surface area (Å²) in [6.07, 6.45) is 12.4. The van der Waals surface area contributed by atoms with Crippen LogP contribution in [0, 0.1) is 0 Å². The molecule has 3 N–H and O–H groups in total. The number of rotatable bonds is 22. The molecule has 1 aliphatic carbocycles. The lowest BCUT2D eigenvalue weighted by Crippen LogP contribution is -2.28. The van der Waals surface area contributed by atoms with Crippen molar-refractivity contribution in [3.63, 3.8) is 0 Å². The maximum Gasteiger partial charge on any atom is 0.407 e. The van der Waals surface area contributed by atoms with Crippen LogP contribution >= 0.6 is 0 Å². The summed E-state index contributed by atoms with van der Waals surface area (Å²) in [7, 11) is 1.64. The highest BCUT2D eigenvalue weighted by Crippen LogP contribution is 2.44. The van der Waals surface area contributed by atoms with E-state index in [9.17, 15) is 4.79 Å². The van der Waals surface area contributed by atoms with E-state index in [0.717, 1.165) is 47.5 Å². The van der Waals surface area contributed by atoms with Gasteiger partial charge in [0.25, 0.3) is 0 Å². The number of methoxy groups -OCH3 is 1. The minimum Gasteiger partial charge on any atom is -0.493 e. The van der Waals surface area contributed by atoms with Crippen LogP contribution in [0.2, 0.25) is 0 Å². The van der Waals surface area contributed by atoms with E-state index in [1.54, 1.807) is 20.1 Å². The first kappa shape index (κ1) is 33.7. The van der Waals surface area contributed by atoms with E-state index in [0.29, 0.717) is 70.9 Å². The number of alkyl carbamates (subject to hydrolysis) is 1. The topological polar surface area (TPSA) is 125 Å². The molecule has 3 rings (SSSR count). The molecule has 0 bridgehead atoms. The summed E-state index contributed by atoms with van der Waals surface area (Å²) in [6.45, 7) is 11.3. The molecule has 0 aliphatic heterocycles. The molecule has 1 aromatic carbocycles. The van der Waals surface area contributed by atoms with Crippen molar-refractivity contribution in [2.45, 2.75) is 39.2 Å². The van der Waals surface area contributed by atoms with Crippen LogP contribution in [0.5, 0.6) is 11.5 Å². The van der Waals surface area contributed by atoms with Gasteiger partial charge in [-0.15, -0.1) is 0 Å². The summed E-state index contributed by atoms with van der Waals surface area (Å²) in [5.74, 6) is 2.20. The molecule has 0 radical (unpaired) electrons. The lowest BCUT2D eigenvalue weighted by atomic mass is 10.1. The predicted molar refractivity (Wildman–Crippen MR) is 167 cm³/mol. The highest BCUT2D eigenvalue weighted by Gasteiger charge is 2.27. The van der Waals surface area contributed by atoms with Crippen LogP contribution in [-0.4, -0.2) is 88.8 Å². The molecular weight excluding hydrogens is 552 g/mol. The van der Waals surface area contributed by atoms with Crippen molar-refractivity contribution in [3.05, 3.63) is 60.2 Å². The molecule has 1 amide bonds. The number of nitrogens with one attached hydrogen (secondary N) is 3. The maximum absolute atomic E-state index is 11.2. The number of aromatic amines is 1. The minimum atomic E-state index is -0.440. The van der Waals surface area contributed by atoms with Gasteiger partial charge in [-0.05, 0) is 44.4 Å². The summed E-state index contributed by atoms with van der Waals surface area (Å²) in [5.41, 5.74) is 4.37. The summed E-state index contributed by atoms with van der Waals surface area (Å²) >= 11 is 0. The molecule has 1 heterocycles. The van der Waals surface area contributed by atoms with Gasteiger partial charge in [0, 0.05) is 30.1 Å². The number of anilines is 1. The number of aromatic nitrogens is 2. The van der Waals surface area contributed by atoms with Gasteiger partial charge in [0.1, 0.15) is 6.61 Å². The Labute approximate surface area is 254 Å². The van der Waals surface area contributed by atoms with Crippen LogP contribution < -0.4 is 20.1 Å². The third kappa shape index (κ3) is 11.1. The van der Waals surface area contributed by atoms with Gasteiger partial charge in [-0.2, -0.15) is 5.10 Å².